The summed E-state index contributed by atoms with van der Waals surface area (Å²) in [7, 11) is 0. The monoisotopic (exact) mass is 393 g/mol. The second kappa shape index (κ2) is 9.90. The van der Waals surface area contributed by atoms with Gasteiger partial charge < -0.3 is 10.2 Å². The summed E-state index contributed by atoms with van der Waals surface area (Å²) in [5, 5.41) is 4.03. The van der Waals surface area contributed by atoms with Crippen molar-refractivity contribution in [3.63, 3.8) is 0 Å². The highest BCUT2D eigenvalue weighted by Gasteiger charge is 2.15. The van der Waals surface area contributed by atoms with Gasteiger partial charge in [0, 0.05) is 36.4 Å². The summed E-state index contributed by atoms with van der Waals surface area (Å²) in [6.07, 6.45) is 2.50. The summed E-state index contributed by atoms with van der Waals surface area (Å²) in [5.41, 5.74) is 2.91. The molecule has 3 rings (SSSR count). The number of rotatable bonds is 8. The number of hydrogen-bond donors (Lipinski definition) is 1. The Kier molecular flexibility index (Phi) is 7.04. The molecule has 0 saturated carbocycles. The molecule has 0 aliphatic rings. The van der Waals surface area contributed by atoms with Crippen molar-refractivity contribution in [1.29, 1.82) is 0 Å². The smallest absolute Gasteiger partial charge is 0.254 e. The van der Waals surface area contributed by atoms with Crippen LogP contribution in [-0.2, 0) is 13.0 Å². The van der Waals surface area contributed by atoms with Gasteiger partial charge in [0.05, 0.1) is 0 Å². The Morgan fingerprint density at radius 2 is 1.82 bits per heavy atom. The highest BCUT2D eigenvalue weighted by molar-refractivity contribution is 6.30. The van der Waals surface area contributed by atoms with Crippen LogP contribution in [-0.4, -0.2) is 28.9 Å². The molecule has 1 amide bonds. The van der Waals surface area contributed by atoms with E-state index >= 15 is 0 Å². The molecule has 0 spiro atoms. The lowest BCUT2D eigenvalue weighted by Crippen LogP contribution is -2.30. The Morgan fingerprint density at radius 1 is 1.04 bits per heavy atom. The quantitative estimate of drug-likeness (QED) is 0.582. The standard InChI is InChI=1S/C23H24ClN3O/c1-2-27(17-19-7-4-3-5-8-19)23(28)20-12-14-26-22(16-20)25-13-11-18-9-6-10-21(24)15-18/h3-10,12,14-16H,2,11,13,17H2,1H3,(H,25,26). The molecule has 0 aliphatic heterocycles. The number of pyridine rings is 1. The van der Waals surface area contributed by atoms with Gasteiger partial charge in [-0.25, -0.2) is 4.98 Å². The minimum Gasteiger partial charge on any atom is -0.370 e. The lowest BCUT2D eigenvalue weighted by molar-refractivity contribution is 0.0752. The van der Waals surface area contributed by atoms with Gasteiger partial charge in [-0.15, -0.1) is 0 Å². The van der Waals surface area contributed by atoms with E-state index in [2.05, 4.69) is 10.3 Å². The van der Waals surface area contributed by atoms with E-state index in [0.29, 0.717) is 31.0 Å². The topological polar surface area (TPSA) is 45.2 Å². The normalized spacial score (nSPS) is 10.5. The summed E-state index contributed by atoms with van der Waals surface area (Å²) < 4.78 is 0. The molecule has 0 bridgehead atoms. The van der Waals surface area contributed by atoms with Gasteiger partial charge in [-0.05, 0) is 48.7 Å². The molecule has 5 heteroatoms. The fourth-order valence-electron chi connectivity index (χ4n) is 3.00. The summed E-state index contributed by atoms with van der Waals surface area (Å²) in [6, 6.07) is 21.4. The Labute approximate surface area is 171 Å². The molecule has 1 aromatic heterocycles. The number of nitrogens with zero attached hydrogens (tertiary/aromatic N) is 2. The molecule has 0 radical (unpaired) electrons. The fraction of sp³-hybridized carbons (Fsp3) is 0.217. The van der Waals surface area contributed by atoms with Crippen molar-refractivity contribution in [3.05, 3.63) is 94.6 Å². The molecule has 0 aliphatic carbocycles. The number of halogens is 1. The second-order valence-corrected chi connectivity index (χ2v) is 6.98. The van der Waals surface area contributed by atoms with Crippen LogP contribution in [0.25, 0.3) is 0 Å². The maximum Gasteiger partial charge on any atom is 0.254 e. The number of amides is 1. The number of carbonyl (C=O) groups excluding carboxylic acids is 1. The van der Waals surface area contributed by atoms with Gasteiger partial charge in [0.1, 0.15) is 5.82 Å². The minimum absolute atomic E-state index is 0.00615. The van der Waals surface area contributed by atoms with Crippen LogP contribution in [0.1, 0.15) is 28.4 Å². The van der Waals surface area contributed by atoms with Gasteiger partial charge in [-0.1, -0.05) is 54.1 Å². The van der Waals surface area contributed by atoms with Crippen LogP contribution in [0.15, 0.2) is 72.9 Å². The molecule has 4 nitrogen and oxygen atoms in total. The van der Waals surface area contributed by atoms with E-state index in [1.807, 2.05) is 72.5 Å². The van der Waals surface area contributed by atoms with Gasteiger partial charge in [0.25, 0.3) is 5.91 Å². The van der Waals surface area contributed by atoms with Crippen LogP contribution in [0.2, 0.25) is 5.02 Å². The molecule has 0 fully saturated rings. The van der Waals surface area contributed by atoms with Crippen molar-refractivity contribution in [2.24, 2.45) is 0 Å². The molecule has 0 unspecified atom stereocenters. The van der Waals surface area contributed by atoms with Crippen LogP contribution in [0.5, 0.6) is 0 Å². The first-order valence-corrected chi connectivity index (χ1v) is 9.81. The lowest BCUT2D eigenvalue weighted by atomic mass is 10.1. The first-order valence-electron chi connectivity index (χ1n) is 9.43. The maximum absolute atomic E-state index is 12.9. The van der Waals surface area contributed by atoms with Crippen LogP contribution in [0, 0.1) is 0 Å². The van der Waals surface area contributed by atoms with Gasteiger partial charge in [-0.3, -0.25) is 4.79 Å². The van der Waals surface area contributed by atoms with Crippen molar-refractivity contribution in [2.75, 3.05) is 18.4 Å². The predicted octanol–water partition coefficient (Wildman–Crippen LogP) is 5.05. The number of anilines is 1. The first kappa shape index (κ1) is 19.9. The van der Waals surface area contributed by atoms with Gasteiger partial charge in [0.15, 0.2) is 0 Å². The van der Waals surface area contributed by atoms with Crippen molar-refractivity contribution < 1.29 is 4.79 Å². The second-order valence-electron chi connectivity index (χ2n) is 6.54. The Bertz CT molecular complexity index is 914. The van der Waals surface area contributed by atoms with Crippen molar-refractivity contribution >= 4 is 23.3 Å². The zero-order chi connectivity index (χ0) is 19.8. The fourth-order valence-corrected chi connectivity index (χ4v) is 3.21. The highest BCUT2D eigenvalue weighted by atomic mass is 35.5. The highest BCUT2D eigenvalue weighted by Crippen LogP contribution is 2.14. The molecule has 0 saturated heterocycles. The minimum atomic E-state index is 0.00615. The molecule has 0 atom stereocenters. The van der Waals surface area contributed by atoms with Gasteiger partial charge >= 0.3 is 0 Å². The summed E-state index contributed by atoms with van der Waals surface area (Å²) in [4.78, 5) is 19.1. The third kappa shape index (κ3) is 5.57. The predicted molar refractivity (Wildman–Crippen MR) is 115 cm³/mol. The lowest BCUT2D eigenvalue weighted by Gasteiger charge is -2.21. The largest absolute Gasteiger partial charge is 0.370 e. The molecule has 28 heavy (non-hydrogen) atoms. The molecular formula is C23H24ClN3O. The number of nitrogens with one attached hydrogen (secondary N) is 1. The molecule has 2 aromatic carbocycles. The number of hydrogen-bond acceptors (Lipinski definition) is 3. The molecule has 1 heterocycles. The first-order chi connectivity index (χ1) is 13.7. The number of carbonyl (C=O) groups is 1. The van der Waals surface area contributed by atoms with Crippen LogP contribution in [0.3, 0.4) is 0 Å². The average Bonchev–Trinajstić information content (AvgIpc) is 2.72. The van der Waals surface area contributed by atoms with E-state index in [0.717, 1.165) is 22.6 Å². The summed E-state index contributed by atoms with van der Waals surface area (Å²) in [5.74, 6) is 0.704. The van der Waals surface area contributed by atoms with E-state index < -0.39 is 0 Å². The van der Waals surface area contributed by atoms with E-state index in [-0.39, 0.29) is 5.91 Å². The summed E-state index contributed by atoms with van der Waals surface area (Å²) >= 11 is 6.02. The number of benzene rings is 2. The van der Waals surface area contributed by atoms with E-state index in [1.54, 1.807) is 12.3 Å². The third-order valence-electron chi connectivity index (χ3n) is 4.50. The van der Waals surface area contributed by atoms with Crippen molar-refractivity contribution in [3.8, 4) is 0 Å². The van der Waals surface area contributed by atoms with Crippen LogP contribution >= 0.6 is 11.6 Å². The maximum atomic E-state index is 12.9. The number of aromatic nitrogens is 1. The SMILES string of the molecule is CCN(Cc1ccccc1)C(=O)c1ccnc(NCCc2cccc(Cl)c2)c1. The zero-order valence-electron chi connectivity index (χ0n) is 15.9. The zero-order valence-corrected chi connectivity index (χ0v) is 16.7. The van der Waals surface area contributed by atoms with Gasteiger partial charge in [-0.2, -0.15) is 0 Å². The van der Waals surface area contributed by atoms with Crippen molar-refractivity contribution in [1.82, 2.24) is 9.88 Å². The summed E-state index contributed by atoms with van der Waals surface area (Å²) in [6.45, 7) is 3.95. The Balaban J connectivity index is 1.61. The van der Waals surface area contributed by atoms with E-state index in [9.17, 15) is 4.79 Å². The van der Waals surface area contributed by atoms with Crippen LogP contribution < -0.4 is 5.32 Å². The Morgan fingerprint density at radius 3 is 2.57 bits per heavy atom. The molecular weight excluding hydrogens is 370 g/mol. The van der Waals surface area contributed by atoms with Crippen molar-refractivity contribution in [2.45, 2.75) is 19.9 Å². The molecule has 144 valence electrons. The third-order valence-corrected chi connectivity index (χ3v) is 4.74. The van der Waals surface area contributed by atoms with Crippen LogP contribution in [0.4, 0.5) is 5.82 Å². The molecule has 3 aromatic rings. The average molecular weight is 394 g/mol. The molecule has 1 N–H and O–H groups in total. The van der Waals surface area contributed by atoms with Gasteiger partial charge in [0.2, 0.25) is 0 Å². The Hall–Kier alpha value is -2.85. The van der Waals surface area contributed by atoms with E-state index in [4.69, 9.17) is 11.6 Å². The van der Waals surface area contributed by atoms with E-state index in [1.165, 1.54) is 0 Å².